The fraction of sp³-hybridized carbons (Fsp3) is 0.562. The Hall–Kier alpha value is -1.19. The highest BCUT2D eigenvalue weighted by Gasteiger charge is 2.35. The summed E-state index contributed by atoms with van der Waals surface area (Å²) in [6, 6.07) is 9.41. The van der Waals surface area contributed by atoms with Crippen LogP contribution >= 0.6 is 0 Å². The molecule has 2 rings (SSSR count). The van der Waals surface area contributed by atoms with Crippen molar-refractivity contribution in [1.82, 2.24) is 4.90 Å². The van der Waals surface area contributed by atoms with Gasteiger partial charge in [-0.3, -0.25) is 9.69 Å². The van der Waals surface area contributed by atoms with Crippen LogP contribution in [0.5, 0.6) is 0 Å². The molecule has 1 aliphatic heterocycles. The minimum absolute atomic E-state index is 0.104. The topological polar surface area (TPSA) is 29.5 Å². The van der Waals surface area contributed by atoms with E-state index in [2.05, 4.69) is 25.7 Å². The summed E-state index contributed by atoms with van der Waals surface area (Å²) in [5.41, 5.74) is 0.593. The zero-order valence-electron chi connectivity index (χ0n) is 12.2. The summed E-state index contributed by atoms with van der Waals surface area (Å²) in [6.07, 6.45) is 0.162. The molecule has 19 heavy (non-hydrogen) atoms. The molecule has 3 heteroatoms. The van der Waals surface area contributed by atoms with Crippen LogP contribution in [0.1, 0.15) is 38.1 Å². The van der Waals surface area contributed by atoms with E-state index >= 15 is 0 Å². The smallest absolute Gasteiger partial charge is 0.179 e. The number of ketones is 1. The predicted molar refractivity (Wildman–Crippen MR) is 76.4 cm³/mol. The van der Waals surface area contributed by atoms with Crippen molar-refractivity contribution in [2.75, 3.05) is 13.1 Å². The number of Topliss-reactive ketones (excluding diaryl/α,β-unsaturated/α-hetero) is 1. The zero-order valence-corrected chi connectivity index (χ0v) is 12.2. The molecule has 1 aromatic rings. The van der Waals surface area contributed by atoms with E-state index in [1.54, 1.807) is 0 Å². The first-order valence-corrected chi connectivity index (χ1v) is 6.90. The fourth-order valence-electron chi connectivity index (χ4n) is 2.81. The maximum atomic E-state index is 12.5. The molecule has 0 amide bonds. The van der Waals surface area contributed by atoms with Crippen molar-refractivity contribution >= 4 is 5.78 Å². The van der Waals surface area contributed by atoms with Gasteiger partial charge in [0.2, 0.25) is 0 Å². The van der Waals surface area contributed by atoms with Gasteiger partial charge in [-0.15, -0.1) is 0 Å². The number of hydrogen-bond acceptors (Lipinski definition) is 3. The van der Waals surface area contributed by atoms with Crippen molar-refractivity contribution in [2.45, 2.75) is 45.4 Å². The van der Waals surface area contributed by atoms with Crippen LogP contribution in [-0.2, 0) is 4.74 Å². The molecule has 104 valence electrons. The summed E-state index contributed by atoms with van der Waals surface area (Å²) in [5.74, 6) is 0.186. The summed E-state index contributed by atoms with van der Waals surface area (Å²) < 4.78 is 5.89. The van der Waals surface area contributed by atoms with E-state index in [0.29, 0.717) is 0 Å². The predicted octanol–water partition coefficient (Wildman–Crippen LogP) is 2.76. The summed E-state index contributed by atoms with van der Waals surface area (Å²) in [6.45, 7) is 9.81. The van der Waals surface area contributed by atoms with Crippen LogP contribution in [0, 0.1) is 0 Å². The summed E-state index contributed by atoms with van der Waals surface area (Å²) in [7, 11) is 0. The van der Waals surface area contributed by atoms with E-state index in [-0.39, 0.29) is 23.5 Å². The monoisotopic (exact) mass is 261 g/mol. The molecule has 2 atom stereocenters. The Kier molecular flexibility index (Phi) is 4.07. The summed E-state index contributed by atoms with van der Waals surface area (Å²) >= 11 is 0. The zero-order chi connectivity index (χ0) is 14.0. The lowest BCUT2D eigenvalue weighted by molar-refractivity contribution is -0.133. The highest BCUT2D eigenvalue weighted by molar-refractivity contribution is 5.99. The standard InChI is InChI=1S/C16H23NO2/c1-12-10-17(11-16(3,4)19-12)13(2)15(18)14-8-6-5-7-9-14/h5-9,12-13H,10-11H2,1-4H3. The lowest BCUT2D eigenvalue weighted by Gasteiger charge is -2.43. The Bertz CT molecular complexity index is 441. The lowest BCUT2D eigenvalue weighted by Crippen LogP contribution is -2.56. The van der Waals surface area contributed by atoms with Crippen LogP contribution in [-0.4, -0.2) is 41.5 Å². The minimum atomic E-state index is -0.192. The first kappa shape index (κ1) is 14.2. The van der Waals surface area contributed by atoms with E-state index in [0.717, 1.165) is 18.7 Å². The van der Waals surface area contributed by atoms with Crippen LogP contribution < -0.4 is 0 Å². The molecule has 2 unspecified atom stereocenters. The average molecular weight is 261 g/mol. The molecule has 0 aliphatic carbocycles. The molecule has 0 N–H and O–H groups in total. The van der Waals surface area contributed by atoms with E-state index in [4.69, 9.17) is 4.74 Å². The second-order valence-electron chi connectivity index (χ2n) is 6.02. The molecule has 1 saturated heterocycles. The number of benzene rings is 1. The average Bonchev–Trinajstić information content (AvgIpc) is 2.35. The molecule has 1 aliphatic rings. The Balaban J connectivity index is 2.11. The second-order valence-corrected chi connectivity index (χ2v) is 6.02. The van der Waals surface area contributed by atoms with Gasteiger partial charge < -0.3 is 4.74 Å². The van der Waals surface area contributed by atoms with E-state index < -0.39 is 0 Å². The normalized spacial score (nSPS) is 24.9. The van der Waals surface area contributed by atoms with Gasteiger partial charge in [0.15, 0.2) is 5.78 Å². The van der Waals surface area contributed by atoms with Crippen molar-refractivity contribution in [3.8, 4) is 0 Å². The molecule has 0 aromatic heterocycles. The van der Waals surface area contributed by atoms with Crippen molar-refractivity contribution < 1.29 is 9.53 Å². The Morgan fingerprint density at radius 2 is 2.00 bits per heavy atom. The van der Waals surface area contributed by atoms with Crippen molar-refractivity contribution in [2.24, 2.45) is 0 Å². The molecule has 0 saturated carbocycles. The SMILES string of the molecule is CC1CN(C(C)C(=O)c2ccccc2)CC(C)(C)O1. The quantitative estimate of drug-likeness (QED) is 0.784. The molecule has 1 fully saturated rings. The van der Waals surface area contributed by atoms with Crippen molar-refractivity contribution in [3.63, 3.8) is 0 Å². The van der Waals surface area contributed by atoms with Gasteiger partial charge in [0, 0.05) is 18.7 Å². The number of morpholine rings is 1. The molecule has 1 aromatic carbocycles. The number of carbonyl (C=O) groups excluding carboxylic acids is 1. The van der Waals surface area contributed by atoms with Gasteiger partial charge in [0.05, 0.1) is 17.7 Å². The van der Waals surface area contributed by atoms with Crippen LogP contribution in [0.4, 0.5) is 0 Å². The van der Waals surface area contributed by atoms with Crippen LogP contribution in [0.15, 0.2) is 30.3 Å². The number of hydrogen-bond donors (Lipinski definition) is 0. The lowest BCUT2D eigenvalue weighted by atomic mass is 9.99. The van der Waals surface area contributed by atoms with E-state index in [1.165, 1.54) is 0 Å². The van der Waals surface area contributed by atoms with Crippen LogP contribution in [0.2, 0.25) is 0 Å². The maximum absolute atomic E-state index is 12.5. The number of ether oxygens (including phenoxy) is 1. The van der Waals surface area contributed by atoms with Crippen LogP contribution in [0.25, 0.3) is 0 Å². The third-order valence-corrected chi connectivity index (χ3v) is 3.58. The van der Waals surface area contributed by atoms with Crippen molar-refractivity contribution in [3.05, 3.63) is 35.9 Å². The van der Waals surface area contributed by atoms with Crippen molar-refractivity contribution in [1.29, 1.82) is 0 Å². The van der Waals surface area contributed by atoms with E-state index in [9.17, 15) is 4.79 Å². The Morgan fingerprint density at radius 1 is 1.37 bits per heavy atom. The Morgan fingerprint density at radius 3 is 2.58 bits per heavy atom. The van der Waals surface area contributed by atoms with Gasteiger partial charge in [-0.25, -0.2) is 0 Å². The molecule has 0 bridgehead atoms. The first-order valence-electron chi connectivity index (χ1n) is 6.90. The first-order chi connectivity index (χ1) is 8.89. The van der Waals surface area contributed by atoms with Gasteiger partial charge in [0.25, 0.3) is 0 Å². The van der Waals surface area contributed by atoms with Gasteiger partial charge >= 0.3 is 0 Å². The fourth-order valence-corrected chi connectivity index (χ4v) is 2.81. The molecule has 3 nitrogen and oxygen atoms in total. The third-order valence-electron chi connectivity index (χ3n) is 3.58. The third kappa shape index (κ3) is 3.43. The van der Waals surface area contributed by atoms with Gasteiger partial charge in [-0.1, -0.05) is 30.3 Å². The number of nitrogens with zero attached hydrogens (tertiary/aromatic N) is 1. The molecular weight excluding hydrogens is 238 g/mol. The summed E-state index contributed by atoms with van der Waals surface area (Å²) in [4.78, 5) is 14.7. The second kappa shape index (κ2) is 5.43. The maximum Gasteiger partial charge on any atom is 0.179 e. The number of rotatable bonds is 3. The van der Waals surface area contributed by atoms with Gasteiger partial charge in [-0.05, 0) is 27.7 Å². The molecule has 0 radical (unpaired) electrons. The number of carbonyl (C=O) groups is 1. The summed E-state index contributed by atoms with van der Waals surface area (Å²) in [5, 5.41) is 0. The minimum Gasteiger partial charge on any atom is -0.370 e. The highest BCUT2D eigenvalue weighted by Crippen LogP contribution is 2.23. The van der Waals surface area contributed by atoms with Gasteiger partial charge in [-0.2, -0.15) is 0 Å². The Labute approximate surface area is 115 Å². The van der Waals surface area contributed by atoms with Crippen LogP contribution in [0.3, 0.4) is 0 Å². The highest BCUT2D eigenvalue weighted by atomic mass is 16.5. The molecule has 1 heterocycles. The largest absolute Gasteiger partial charge is 0.370 e. The van der Waals surface area contributed by atoms with Gasteiger partial charge in [0.1, 0.15) is 0 Å². The molecular formula is C16H23NO2. The molecule has 0 spiro atoms. The van der Waals surface area contributed by atoms with E-state index in [1.807, 2.05) is 37.3 Å².